The number of thioether (sulfide) groups is 1. The molecule has 0 spiro atoms. The van der Waals surface area contributed by atoms with Crippen LogP contribution < -0.4 is 10.2 Å². The molecule has 32 heavy (non-hydrogen) atoms. The van der Waals surface area contributed by atoms with Crippen LogP contribution in [0.2, 0.25) is 5.02 Å². The minimum Gasteiger partial charge on any atom is -0.467 e. The lowest BCUT2D eigenvalue weighted by atomic mass is 10.00. The fourth-order valence-corrected chi connectivity index (χ4v) is 4.76. The van der Waals surface area contributed by atoms with E-state index >= 15 is 0 Å². The van der Waals surface area contributed by atoms with Crippen LogP contribution in [0.5, 0.6) is 0 Å². The number of piperidine rings is 1. The summed E-state index contributed by atoms with van der Waals surface area (Å²) >= 11 is 7.70. The molecule has 0 atom stereocenters. The van der Waals surface area contributed by atoms with Gasteiger partial charge in [0, 0.05) is 36.8 Å². The molecule has 1 aliphatic heterocycles. The number of benzene rings is 1. The summed E-state index contributed by atoms with van der Waals surface area (Å²) in [6.45, 7) is 5.25. The van der Waals surface area contributed by atoms with Crippen molar-refractivity contribution in [2.75, 3.05) is 23.7 Å². The van der Waals surface area contributed by atoms with Gasteiger partial charge in [-0.1, -0.05) is 48.5 Å². The van der Waals surface area contributed by atoms with Gasteiger partial charge in [-0.25, -0.2) is 0 Å². The number of furan rings is 1. The highest BCUT2D eigenvalue weighted by Gasteiger charge is 2.23. The molecular formula is C23H28ClN5O2S. The van der Waals surface area contributed by atoms with Crippen LogP contribution in [-0.2, 0) is 17.9 Å². The number of amides is 1. The zero-order chi connectivity index (χ0) is 22.3. The average molecular weight is 474 g/mol. The summed E-state index contributed by atoms with van der Waals surface area (Å²) in [5, 5.41) is 13.3. The summed E-state index contributed by atoms with van der Waals surface area (Å²) in [4.78, 5) is 14.6. The van der Waals surface area contributed by atoms with Crippen LogP contribution in [0, 0.1) is 5.92 Å². The van der Waals surface area contributed by atoms with E-state index in [9.17, 15) is 4.79 Å². The molecule has 0 unspecified atom stereocenters. The number of carbonyl (C=O) groups is 1. The van der Waals surface area contributed by atoms with Gasteiger partial charge in [0.25, 0.3) is 0 Å². The van der Waals surface area contributed by atoms with Crippen LogP contribution in [0.4, 0.5) is 5.95 Å². The van der Waals surface area contributed by atoms with E-state index in [-0.39, 0.29) is 5.91 Å². The Morgan fingerprint density at radius 3 is 2.78 bits per heavy atom. The number of nitrogens with one attached hydrogen (secondary N) is 1. The number of anilines is 1. The molecule has 1 fully saturated rings. The maximum Gasteiger partial charge on any atom is 0.228 e. The summed E-state index contributed by atoms with van der Waals surface area (Å²) in [5.41, 5.74) is 0.911. The van der Waals surface area contributed by atoms with Crippen molar-refractivity contribution in [3.8, 4) is 0 Å². The summed E-state index contributed by atoms with van der Waals surface area (Å²) in [6.07, 6.45) is 4.38. The molecule has 1 N–H and O–H groups in total. The molecule has 1 saturated heterocycles. The molecule has 0 aliphatic carbocycles. The molecule has 2 aromatic heterocycles. The maximum absolute atomic E-state index is 12.3. The molecule has 1 amide bonds. The van der Waals surface area contributed by atoms with Gasteiger partial charge in [-0.05, 0) is 42.5 Å². The Balaban J connectivity index is 1.36. The third-order valence-corrected chi connectivity index (χ3v) is 6.99. The topological polar surface area (TPSA) is 76.2 Å². The highest BCUT2D eigenvalue weighted by molar-refractivity contribution is 7.99. The van der Waals surface area contributed by atoms with Crippen molar-refractivity contribution in [1.82, 2.24) is 20.1 Å². The molecule has 0 bridgehead atoms. The third kappa shape index (κ3) is 5.86. The summed E-state index contributed by atoms with van der Waals surface area (Å²) in [6, 6.07) is 11.4. The highest BCUT2D eigenvalue weighted by Crippen LogP contribution is 2.27. The van der Waals surface area contributed by atoms with Crippen molar-refractivity contribution in [3.63, 3.8) is 0 Å². The second-order valence-corrected chi connectivity index (χ2v) is 9.55. The number of rotatable bonds is 9. The maximum atomic E-state index is 12.3. The van der Waals surface area contributed by atoms with Gasteiger partial charge < -0.3 is 14.6 Å². The van der Waals surface area contributed by atoms with E-state index in [0.717, 1.165) is 54.3 Å². The Morgan fingerprint density at radius 1 is 1.22 bits per heavy atom. The lowest BCUT2D eigenvalue weighted by Gasteiger charge is -2.31. The highest BCUT2D eigenvalue weighted by atomic mass is 35.5. The van der Waals surface area contributed by atoms with E-state index in [1.54, 1.807) is 18.0 Å². The first-order valence-electron chi connectivity index (χ1n) is 10.9. The number of nitrogens with zero attached hydrogens (tertiary/aromatic N) is 4. The summed E-state index contributed by atoms with van der Waals surface area (Å²) < 4.78 is 7.67. The SMILES string of the molecule is CC1CCN(c2nnc(SCCC(=O)NCc3ccccc3Cl)n2Cc2ccco2)CC1. The van der Waals surface area contributed by atoms with Gasteiger partial charge >= 0.3 is 0 Å². The Kier molecular flexibility index (Phi) is 7.76. The standard InChI is InChI=1S/C23H28ClN5O2S/c1-17-8-11-28(12-9-17)22-26-27-23(29(22)16-19-6-4-13-31-19)32-14-10-21(30)25-15-18-5-2-3-7-20(18)24/h2-7,13,17H,8-12,14-16H2,1H3,(H,25,30). The van der Waals surface area contributed by atoms with Crippen molar-refractivity contribution in [2.24, 2.45) is 5.92 Å². The van der Waals surface area contributed by atoms with Gasteiger partial charge in [0.2, 0.25) is 11.9 Å². The first-order chi connectivity index (χ1) is 15.6. The van der Waals surface area contributed by atoms with Gasteiger partial charge in [-0.2, -0.15) is 0 Å². The molecular weight excluding hydrogens is 446 g/mol. The fraction of sp³-hybridized carbons (Fsp3) is 0.435. The first-order valence-corrected chi connectivity index (χ1v) is 12.3. The largest absolute Gasteiger partial charge is 0.467 e. The third-order valence-electron chi connectivity index (χ3n) is 5.65. The molecule has 9 heteroatoms. The number of aromatic nitrogens is 3. The summed E-state index contributed by atoms with van der Waals surface area (Å²) in [7, 11) is 0. The molecule has 1 aliphatic rings. The van der Waals surface area contributed by atoms with Crippen molar-refractivity contribution in [1.29, 1.82) is 0 Å². The molecule has 7 nitrogen and oxygen atoms in total. The first kappa shape index (κ1) is 22.7. The molecule has 0 radical (unpaired) electrons. The van der Waals surface area contributed by atoms with Crippen LogP contribution in [0.3, 0.4) is 0 Å². The average Bonchev–Trinajstić information content (AvgIpc) is 3.45. The molecule has 1 aromatic carbocycles. The smallest absolute Gasteiger partial charge is 0.228 e. The molecule has 0 saturated carbocycles. The van der Waals surface area contributed by atoms with E-state index in [4.69, 9.17) is 16.0 Å². The fourth-order valence-electron chi connectivity index (χ4n) is 3.69. The van der Waals surface area contributed by atoms with Gasteiger partial charge in [0.15, 0.2) is 5.16 Å². The zero-order valence-corrected chi connectivity index (χ0v) is 19.7. The monoisotopic (exact) mass is 473 g/mol. The minimum absolute atomic E-state index is 0.0141. The number of halogens is 1. The quantitative estimate of drug-likeness (QED) is 0.457. The normalized spacial score (nSPS) is 14.6. The second-order valence-electron chi connectivity index (χ2n) is 8.08. The molecule has 170 valence electrons. The van der Waals surface area contributed by atoms with Gasteiger partial charge in [-0.15, -0.1) is 10.2 Å². The second kappa shape index (κ2) is 10.9. The van der Waals surface area contributed by atoms with Crippen LogP contribution in [0.25, 0.3) is 0 Å². The van der Waals surface area contributed by atoms with E-state index < -0.39 is 0 Å². The van der Waals surface area contributed by atoms with Crippen molar-refractivity contribution in [3.05, 3.63) is 59.0 Å². The predicted molar refractivity (Wildman–Crippen MR) is 127 cm³/mol. The van der Waals surface area contributed by atoms with Gasteiger partial charge in [0.05, 0.1) is 12.8 Å². The van der Waals surface area contributed by atoms with E-state index in [0.29, 0.717) is 30.3 Å². The van der Waals surface area contributed by atoms with E-state index in [2.05, 4.69) is 31.9 Å². The minimum atomic E-state index is -0.0141. The lowest BCUT2D eigenvalue weighted by Crippen LogP contribution is -2.35. The Hall–Kier alpha value is -2.45. The predicted octanol–water partition coefficient (Wildman–Crippen LogP) is 4.61. The Morgan fingerprint density at radius 2 is 2.03 bits per heavy atom. The molecule has 3 heterocycles. The number of carbonyl (C=O) groups excluding carboxylic acids is 1. The Labute approximate surface area is 197 Å². The number of hydrogen-bond acceptors (Lipinski definition) is 6. The van der Waals surface area contributed by atoms with E-state index in [1.165, 1.54) is 0 Å². The molecule has 4 rings (SSSR count). The Bertz CT molecular complexity index is 1020. The van der Waals surface area contributed by atoms with Crippen LogP contribution in [-0.4, -0.2) is 39.5 Å². The van der Waals surface area contributed by atoms with Gasteiger partial charge in [-0.3, -0.25) is 9.36 Å². The lowest BCUT2D eigenvalue weighted by molar-refractivity contribution is -0.120. The van der Waals surface area contributed by atoms with Gasteiger partial charge in [0.1, 0.15) is 5.76 Å². The van der Waals surface area contributed by atoms with Crippen LogP contribution in [0.15, 0.2) is 52.2 Å². The van der Waals surface area contributed by atoms with Crippen LogP contribution >= 0.6 is 23.4 Å². The van der Waals surface area contributed by atoms with Crippen LogP contribution in [0.1, 0.15) is 37.5 Å². The zero-order valence-electron chi connectivity index (χ0n) is 18.2. The van der Waals surface area contributed by atoms with Crippen molar-refractivity contribution >= 4 is 35.2 Å². The molecule has 3 aromatic rings. The van der Waals surface area contributed by atoms with Crippen molar-refractivity contribution < 1.29 is 9.21 Å². The van der Waals surface area contributed by atoms with Crippen molar-refractivity contribution in [2.45, 2.75) is 44.4 Å². The number of hydrogen-bond donors (Lipinski definition) is 1. The van der Waals surface area contributed by atoms with E-state index in [1.807, 2.05) is 36.4 Å². The summed E-state index contributed by atoms with van der Waals surface area (Å²) in [5.74, 6) is 3.07.